The van der Waals surface area contributed by atoms with Gasteiger partial charge in [0.15, 0.2) is 0 Å². The average molecular weight is 409 g/mol. The molecule has 4 rings (SSSR count). The average Bonchev–Trinajstić information content (AvgIpc) is 3.32. The molecule has 0 spiro atoms. The zero-order valence-corrected chi connectivity index (χ0v) is 16.7. The number of nitrogens with one attached hydrogen (secondary N) is 2. The minimum absolute atomic E-state index is 0.0289. The third-order valence-electron chi connectivity index (χ3n) is 4.73. The summed E-state index contributed by atoms with van der Waals surface area (Å²) in [5.74, 6) is -0.402. The Bertz CT molecular complexity index is 1150. The zero-order valence-electron chi connectivity index (χ0n) is 16.7. The fourth-order valence-corrected chi connectivity index (χ4v) is 3.12. The van der Waals surface area contributed by atoms with Crippen molar-refractivity contribution < 1.29 is 18.5 Å². The molecule has 8 nitrogen and oxygen atoms in total. The number of aromatic nitrogens is 3. The van der Waals surface area contributed by atoms with Crippen molar-refractivity contribution in [3.63, 3.8) is 0 Å². The SMILES string of the molecule is CC(C)(C)c1nc(C(=O)NCc2ccc(-c3ccnc4c3CC(=O)N4)cc2F)no1. The minimum atomic E-state index is -0.547. The summed E-state index contributed by atoms with van der Waals surface area (Å²) < 4.78 is 19.8. The number of fused-ring (bicyclic) bond motifs is 1. The number of hydrogen-bond acceptors (Lipinski definition) is 6. The predicted octanol–water partition coefficient (Wildman–Crippen LogP) is 2.99. The number of benzene rings is 1. The smallest absolute Gasteiger partial charge is 0.292 e. The van der Waals surface area contributed by atoms with Gasteiger partial charge in [-0.25, -0.2) is 9.37 Å². The highest BCUT2D eigenvalue weighted by atomic mass is 19.1. The quantitative estimate of drug-likeness (QED) is 0.686. The van der Waals surface area contributed by atoms with E-state index >= 15 is 0 Å². The molecular formula is C21H20FN5O3. The van der Waals surface area contributed by atoms with Crippen molar-refractivity contribution in [2.24, 2.45) is 0 Å². The Morgan fingerprint density at radius 2 is 2.10 bits per heavy atom. The molecule has 0 saturated carbocycles. The van der Waals surface area contributed by atoms with Crippen LogP contribution in [0.1, 0.15) is 48.4 Å². The number of anilines is 1. The first-order valence-corrected chi connectivity index (χ1v) is 9.41. The van der Waals surface area contributed by atoms with Gasteiger partial charge in [0, 0.05) is 29.3 Å². The summed E-state index contributed by atoms with van der Waals surface area (Å²) in [6.45, 7) is 5.65. The molecule has 2 amide bonds. The van der Waals surface area contributed by atoms with Gasteiger partial charge in [-0.05, 0) is 23.3 Å². The maximum Gasteiger partial charge on any atom is 0.292 e. The molecule has 0 fully saturated rings. The Hall–Kier alpha value is -3.62. The van der Waals surface area contributed by atoms with Gasteiger partial charge in [-0.15, -0.1) is 0 Å². The Morgan fingerprint density at radius 3 is 2.80 bits per heavy atom. The number of carbonyl (C=O) groups excluding carboxylic acids is 2. The van der Waals surface area contributed by atoms with E-state index in [1.54, 1.807) is 24.4 Å². The van der Waals surface area contributed by atoms with Gasteiger partial charge in [0.1, 0.15) is 11.6 Å². The van der Waals surface area contributed by atoms with Crippen molar-refractivity contribution in [1.29, 1.82) is 0 Å². The Balaban J connectivity index is 1.49. The van der Waals surface area contributed by atoms with Gasteiger partial charge in [0.25, 0.3) is 11.7 Å². The van der Waals surface area contributed by atoms with Crippen molar-refractivity contribution >= 4 is 17.6 Å². The molecule has 3 heterocycles. The fourth-order valence-electron chi connectivity index (χ4n) is 3.12. The summed E-state index contributed by atoms with van der Waals surface area (Å²) in [4.78, 5) is 32.1. The van der Waals surface area contributed by atoms with Gasteiger partial charge in [-0.1, -0.05) is 38.1 Å². The molecule has 30 heavy (non-hydrogen) atoms. The van der Waals surface area contributed by atoms with Crippen LogP contribution in [0.25, 0.3) is 11.1 Å². The van der Waals surface area contributed by atoms with E-state index in [9.17, 15) is 14.0 Å². The second-order valence-electron chi connectivity index (χ2n) is 8.07. The standard InChI is InChI=1S/C21H20FN5O3/c1-21(2,3)20-26-18(27-30-20)19(29)24-10-12-5-4-11(8-15(12)22)13-6-7-23-17-14(13)9-16(28)25-17/h4-8H,9-10H2,1-3H3,(H,24,29)(H,23,25,28). The largest absolute Gasteiger partial charge is 0.345 e. The molecule has 0 saturated heterocycles. The Morgan fingerprint density at radius 1 is 1.30 bits per heavy atom. The first-order valence-electron chi connectivity index (χ1n) is 9.41. The maximum atomic E-state index is 14.7. The summed E-state index contributed by atoms with van der Waals surface area (Å²) in [6.07, 6.45) is 1.78. The molecule has 0 unspecified atom stereocenters. The fraction of sp³-hybridized carbons (Fsp3) is 0.286. The molecule has 2 N–H and O–H groups in total. The Kier molecular flexibility index (Phi) is 4.81. The molecule has 0 bridgehead atoms. The number of nitrogens with zero attached hydrogens (tertiary/aromatic N) is 3. The van der Waals surface area contributed by atoms with Crippen LogP contribution in [0, 0.1) is 5.82 Å². The van der Waals surface area contributed by atoms with Crippen LogP contribution in [-0.4, -0.2) is 26.9 Å². The summed E-state index contributed by atoms with van der Waals surface area (Å²) in [5, 5.41) is 8.96. The molecule has 1 aliphatic rings. The normalized spacial score (nSPS) is 13.1. The number of pyridine rings is 1. The van der Waals surface area contributed by atoms with Crippen LogP contribution in [0.4, 0.5) is 10.2 Å². The van der Waals surface area contributed by atoms with Crippen molar-refractivity contribution in [3.05, 3.63) is 59.1 Å². The number of carbonyl (C=O) groups is 2. The van der Waals surface area contributed by atoms with Crippen molar-refractivity contribution in [2.45, 2.75) is 39.2 Å². The van der Waals surface area contributed by atoms with Crippen LogP contribution in [-0.2, 0) is 23.2 Å². The zero-order chi connectivity index (χ0) is 21.5. The van der Waals surface area contributed by atoms with E-state index in [0.29, 0.717) is 22.8 Å². The molecule has 0 aliphatic carbocycles. The maximum absolute atomic E-state index is 14.7. The monoisotopic (exact) mass is 409 g/mol. The molecule has 1 aliphatic heterocycles. The van der Waals surface area contributed by atoms with E-state index in [1.807, 2.05) is 20.8 Å². The second-order valence-corrected chi connectivity index (χ2v) is 8.07. The van der Waals surface area contributed by atoms with E-state index in [0.717, 1.165) is 11.1 Å². The number of hydrogen-bond donors (Lipinski definition) is 2. The second kappa shape index (κ2) is 7.33. The summed E-state index contributed by atoms with van der Waals surface area (Å²) >= 11 is 0. The number of rotatable bonds is 4. The third kappa shape index (κ3) is 3.78. The van der Waals surface area contributed by atoms with Gasteiger partial charge >= 0.3 is 0 Å². The van der Waals surface area contributed by atoms with Gasteiger partial charge in [0.2, 0.25) is 11.8 Å². The van der Waals surface area contributed by atoms with Gasteiger partial charge in [0.05, 0.1) is 6.42 Å². The molecule has 1 aromatic carbocycles. The first kappa shape index (κ1) is 19.7. The van der Waals surface area contributed by atoms with Crippen LogP contribution in [0.2, 0.25) is 0 Å². The molecule has 154 valence electrons. The van der Waals surface area contributed by atoms with E-state index < -0.39 is 11.7 Å². The molecule has 3 aromatic rings. The van der Waals surface area contributed by atoms with E-state index in [4.69, 9.17) is 4.52 Å². The highest BCUT2D eigenvalue weighted by molar-refractivity contribution is 6.00. The summed E-state index contributed by atoms with van der Waals surface area (Å²) in [6, 6.07) is 6.47. The van der Waals surface area contributed by atoms with Crippen molar-refractivity contribution in [1.82, 2.24) is 20.4 Å². The van der Waals surface area contributed by atoms with Gasteiger partial charge < -0.3 is 15.2 Å². The van der Waals surface area contributed by atoms with Crippen molar-refractivity contribution in [3.8, 4) is 11.1 Å². The first-order chi connectivity index (χ1) is 14.2. The highest BCUT2D eigenvalue weighted by Gasteiger charge is 2.25. The van der Waals surface area contributed by atoms with Crippen LogP contribution in [0.3, 0.4) is 0 Å². The number of halogens is 1. The lowest BCUT2D eigenvalue weighted by Crippen LogP contribution is -2.24. The van der Waals surface area contributed by atoms with Crippen LogP contribution < -0.4 is 10.6 Å². The third-order valence-corrected chi connectivity index (χ3v) is 4.73. The number of amides is 2. The topological polar surface area (TPSA) is 110 Å². The molecule has 0 radical (unpaired) electrons. The lowest BCUT2D eigenvalue weighted by molar-refractivity contribution is -0.115. The Labute approximate surface area is 171 Å². The van der Waals surface area contributed by atoms with E-state index in [2.05, 4.69) is 25.8 Å². The molecule has 0 atom stereocenters. The lowest BCUT2D eigenvalue weighted by Gasteiger charge is -2.10. The lowest BCUT2D eigenvalue weighted by atomic mass is 9.97. The molecule has 9 heteroatoms. The van der Waals surface area contributed by atoms with Crippen LogP contribution >= 0.6 is 0 Å². The van der Waals surface area contributed by atoms with E-state index in [-0.39, 0.29) is 30.1 Å². The minimum Gasteiger partial charge on any atom is -0.345 e. The van der Waals surface area contributed by atoms with E-state index in [1.165, 1.54) is 6.07 Å². The van der Waals surface area contributed by atoms with Gasteiger partial charge in [-0.3, -0.25) is 9.59 Å². The predicted molar refractivity (Wildman–Crippen MR) is 106 cm³/mol. The van der Waals surface area contributed by atoms with Gasteiger partial charge in [-0.2, -0.15) is 4.98 Å². The molecular weight excluding hydrogens is 389 g/mol. The van der Waals surface area contributed by atoms with Crippen molar-refractivity contribution in [2.75, 3.05) is 5.32 Å². The van der Waals surface area contributed by atoms with Crippen LogP contribution in [0.5, 0.6) is 0 Å². The van der Waals surface area contributed by atoms with Crippen LogP contribution in [0.15, 0.2) is 35.0 Å². The summed E-state index contributed by atoms with van der Waals surface area (Å²) in [5.41, 5.74) is 2.06. The molecule has 2 aromatic heterocycles. The highest BCUT2D eigenvalue weighted by Crippen LogP contribution is 2.32. The summed E-state index contributed by atoms with van der Waals surface area (Å²) in [7, 11) is 0.